The van der Waals surface area contributed by atoms with Crippen molar-refractivity contribution in [3.8, 4) is 5.69 Å². The normalized spacial score (nSPS) is 11.9. The highest BCUT2D eigenvalue weighted by Gasteiger charge is 2.05. The lowest BCUT2D eigenvalue weighted by Crippen LogP contribution is -2.04. The third-order valence-electron chi connectivity index (χ3n) is 2.07. The van der Waals surface area contributed by atoms with Crippen molar-refractivity contribution < 1.29 is 0 Å². The van der Waals surface area contributed by atoms with E-state index in [1.165, 1.54) is 0 Å². The number of nitrogens with two attached hydrogens (primary N) is 1. The van der Waals surface area contributed by atoms with Gasteiger partial charge in [-0.05, 0) is 31.2 Å². The quantitative estimate of drug-likeness (QED) is 0.900. The van der Waals surface area contributed by atoms with Gasteiger partial charge in [-0.1, -0.05) is 16.8 Å². The van der Waals surface area contributed by atoms with Crippen LogP contribution in [0.2, 0.25) is 5.02 Å². The molecule has 0 spiro atoms. The minimum atomic E-state index is -0.106. The van der Waals surface area contributed by atoms with Crippen molar-refractivity contribution in [1.82, 2.24) is 15.0 Å². The van der Waals surface area contributed by atoms with Crippen LogP contribution >= 0.6 is 24.0 Å². The van der Waals surface area contributed by atoms with Gasteiger partial charge >= 0.3 is 0 Å². The van der Waals surface area contributed by atoms with Gasteiger partial charge < -0.3 is 5.73 Å². The van der Waals surface area contributed by atoms with E-state index >= 15 is 0 Å². The molecular weight excluding hydrogens is 247 g/mol. The standard InChI is InChI=1S/C10H11ClN4.ClH/c1-7(12)10-6-15(14-13-10)9-4-2-8(11)3-5-9;/h2-7H,12H2,1H3;1H/t7-;/m0./s1. The van der Waals surface area contributed by atoms with Gasteiger partial charge in [0.05, 0.1) is 17.6 Å². The number of hydrogen-bond acceptors (Lipinski definition) is 3. The molecule has 16 heavy (non-hydrogen) atoms. The van der Waals surface area contributed by atoms with Crippen molar-refractivity contribution >= 4 is 24.0 Å². The topological polar surface area (TPSA) is 56.7 Å². The molecule has 1 atom stereocenters. The van der Waals surface area contributed by atoms with Gasteiger partial charge in [0.1, 0.15) is 0 Å². The summed E-state index contributed by atoms with van der Waals surface area (Å²) < 4.78 is 1.68. The molecule has 0 radical (unpaired) electrons. The van der Waals surface area contributed by atoms with Gasteiger partial charge in [-0.2, -0.15) is 0 Å². The van der Waals surface area contributed by atoms with Crippen molar-refractivity contribution in [3.63, 3.8) is 0 Å². The number of benzene rings is 1. The van der Waals surface area contributed by atoms with Crippen LogP contribution < -0.4 is 5.73 Å². The van der Waals surface area contributed by atoms with E-state index in [1.807, 2.05) is 37.4 Å². The molecule has 0 fully saturated rings. The van der Waals surface area contributed by atoms with Crippen LogP contribution in [-0.2, 0) is 0 Å². The van der Waals surface area contributed by atoms with E-state index in [9.17, 15) is 0 Å². The summed E-state index contributed by atoms with van der Waals surface area (Å²) in [6.45, 7) is 1.87. The molecule has 0 saturated carbocycles. The molecule has 86 valence electrons. The first kappa shape index (κ1) is 13.0. The largest absolute Gasteiger partial charge is 0.323 e. The third kappa shape index (κ3) is 2.72. The number of hydrogen-bond donors (Lipinski definition) is 1. The molecule has 2 N–H and O–H groups in total. The number of aromatic nitrogens is 3. The Morgan fingerprint density at radius 2 is 1.94 bits per heavy atom. The Morgan fingerprint density at radius 1 is 1.31 bits per heavy atom. The maximum atomic E-state index is 5.79. The molecule has 2 rings (SSSR count). The molecule has 6 heteroatoms. The molecule has 0 unspecified atom stereocenters. The van der Waals surface area contributed by atoms with Gasteiger partial charge in [0.25, 0.3) is 0 Å². The molecule has 4 nitrogen and oxygen atoms in total. The minimum Gasteiger partial charge on any atom is -0.323 e. The zero-order chi connectivity index (χ0) is 10.8. The predicted octanol–water partition coefficient (Wildman–Crippen LogP) is 2.36. The first-order valence-corrected chi connectivity index (χ1v) is 4.98. The summed E-state index contributed by atoms with van der Waals surface area (Å²) in [4.78, 5) is 0. The predicted molar refractivity (Wildman–Crippen MR) is 66.2 cm³/mol. The van der Waals surface area contributed by atoms with E-state index in [0.29, 0.717) is 5.02 Å². The molecule has 0 amide bonds. The fourth-order valence-corrected chi connectivity index (χ4v) is 1.33. The van der Waals surface area contributed by atoms with Crippen molar-refractivity contribution in [3.05, 3.63) is 41.2 Å². The second-order valence-electron chi connectivity index (χ2n) is 3.35. The molecule has 0 aliphatic rings. The lowest BCUT2D eigenvalue weighted by Gasteiger charge is -1.99. The van der Waals surface area contributed by atoms with Gasteiger partial charge in [-0.15, -0.1) is 17.5 Å². The zero-order valence-electron chi connectivity index (χ0n) is 8.67. The average molecular weight is 259 g/mol. The maximum Gasteiger partial charge on any atom is 0.0995 e. The lowest BCUT2D eigenvalue weighted by molar-refractivity contribution is 0.756. The van der Waals surface area contributed by atoms with Crippen LogP contribution in [0.15, 0.2) is 30.5 Å². The van der Waals surface area contributed by atoms with Gasteiger partial charge in [0, 0.05) is 11.1 Å². The van der Waals surface area contributed by atoms with E-state index in [-0.39, 0.29) is 18.4 Å². The fraction of sp³-hybridized carbons (Fsp3) is 0.200. The van der Waals surface area contributed by atoms with E-state index in [1.54, 1.807) is 4.68 Å². The molecule has 0 aliphatic heterocycles. The van der Waals surface area contributed by atoms with Crippen LogP contribution in [0.1, 0.15) is 18.7 Å². The second kappa shape index (κ2) is 5.30. The zero-order valence-corrected chi connectivity index (χ0v) is 10.2. The van der Waals surface area contributed by atoms with Crippen LogP contribution in [0.25, 0.3) is 5.69 Å². The maximum absolute atomic E-state index is 5.79. The van der Waals surface area contributed by atoms with Crippen LogP contribution in [0.4, 0.5) is 0 Å². The second-order valence-corrected chi connectivity index (χ2v) is 3.79. The average Bonchev–Trinajstić information content (AvgIpc) is 2.68. The van der Waals surface area contributed by atoms with Crippen molar-refractivity contribution in [2.75, 3.05) is 0 Å². The van der Waals surface area contributed by atoms with E-state index in [0.717, 1.165) is 11.4 Å². The number of nitrogens with zero attached hydrogens (tertiary/aromatic N) is 3. The molecule has 1 aromatic carbocycles. The highest BCUT2D eigenvalue weighted by Crippen LogP contribution is 2.13. The monoisotopic (exact) mass is 258 g/mol. The highest BCUT2D eigenvalue weighted by molar-refractivity contribution is 6.30. The molecule has 1 heterocycles. The van der Waals surface area contributed by atoms with Gasteiger partial charge in [-0.25, -0.2) is 4.68 Å². The summed E-state index contributed by atoms with van der Waals surface area (Å²) in [6.07, 6.45) is 1.81. The Morgan fingerprint density at radius 3 is 2.44 bits per heavy atom. The van der Waals surface area contributed by atoms with Crippen molar-refractivity contribution in [2.45, 2.75) is 13.0 Å². The Bertz CT molecular complexity index is 450. The molecule has 0 bridgehead atoms. The Labute approximate surface area is 105 Å². The first-order chi connectivity index (χ1) is 7.16. The summed E-state index contributed by atoms with van der Waals surface area (Å²) in [5.41, 5.74) is 7.38. The van der Waals surface area contributed by atoms with Crippen molar-refractivity contribution in [2.24, 2.45) is 5.73 Å². The van der Waals surface area contributed by atoms with E-state index in [4.69, 9.17) is 17.3 Å². The summed E-state index contributed by atoms with van der Waals surface area (Å²) in [6, 6.07) is 7.27. The van der Waals surface area contributed by atoms with Gasteiger partial charge in [-0.3, -0.25) is 0 Å². The minimum absolute atomic E-state index is 0. The number of halogens is 2. The highest BCUT2D eigenvalue weighted by atomic mass is 35.5. The molecule has 0 saturated heterocycles. The summed E-state index contributed by atoms with van der Waals surface area (Å²) >= 11 is 5.79. The van der Waals surface area contributed by atoms with Gasteiger partial charge in [0.15, 0.2) is 0 Å². The lowest BCUT2D eigenvalue weighted by atomic mass is 10.3. The fourth-order valence-electron chi connectivity index (χ4n) is 1.21. The van der Waals surface area contributed by atoms with Crippen molar-refractivity contribution in [1.29, 1.82) is 0 Å². The molecule has 0 aliphatic carbocycles. The Balaban J connectivity index is 0.00000128. The van der Waals surface area contributed by atoms with E-state index in [2.05, 4.69) is 10.3 Å². The Hall–Kier alpha value is -1.10. The Kier molecular flexibility index (Phi) is 4.29. The van der Waals surface area contributed by atoms with Crippen LogP contribution in [0.3, 0.4) is 0 Å². The van der Waals surface area contributed by atoms with Gasteiger partial charge in [0.2, 0.25) is 0 Å². The molecule has 2 aromatic rings. The third-order valence-corrected chi connectivity index (χ3v) is 2.32. The smallest absolute Gasteiger partial charge is 0.0995 e. The molecule has 1 aromatic heterocycles. The van der Waals surface area contributed by atoms with Crippen LogP contribution in [0, 0.1) is 0 Å². The summed E-state index contributed by atoms with van der Waals surface area (Å²) in [7, 11) is 0. The first-order valence-electron chi connectivity index (χ1n) is 4.60. The number of rotatable bonds is 2. The summed E-state index contributed by atoms with van der Waals surface area (Å²) in [5, 5.41) is 8.65. The SMILES string of the molecule is C[C@H](N)c1cn(-c2ccc(Cl)cc2)nn1.Cl. The summed E-state index contributed by atoms with van der Waals surface area (Å²) in [5.74, 6) is 0. The van der Waals surface area contributed by atoms with Crippen LogP contribution in [0.5, 0.6) is 0 Å². The van der Waals surface area contributed by atoms with Crippen LogP contribution in [-0.4, -0.2) is 15.0 Å². The van der Waals surface area contributed by atoms with E-state index < -0.39 is 0 Å². The molecular formula is C10H12Cl2N4.